The number of nitrogens with two attached hydrogens (primary N) is 1. The van der Waals surface area contributed by atoms with E-state index in [1.54, 1.807) is 9.13 Å². The first-order valence-corrected chi connectivity index (χ1v) is 7.32. The molecule has 0 amide bonds. The van der Waals surface area contributed by atoms with Crippen LogP contribution in [0.1, 0.15) is 52.0 Å². The van der Waals surface area contributed by atoms with Gasteiger partial charge in [0.15, 0.2) is 11.2 Å². The largest absolute Gasteiger partial charge is 0.332 e. The van der Waals surface area contributed by atoms with E-state index in [-0.39, 0.29) is 23.3 Å². The second-order valence-electron chi connectivity index (χ2n) is 5.45. The summed E-state index contributed by atoms with van der Waals surface area (Å²) in [5, 5.41) is 0. The zero-order valence-corrected chi connectivity index (χ0v) is 13.3. The van der Waals surface area contributed by atoms with Crippen molar-refractivity contribution in [3.05, 3.63) is 26.7 Å². The highest BCUT2D eigenvalue weighted by molar-refractivity contribution is 5.71. The van der Waals surface area contributed by atoms with Crippen LogP contribution in [-0.2, 0) is 13.6 Å². The molecule has 21 heavy (non-hydrogen) atoms. The summed E-state index contributed by atoms with van der Waals surface area (Å²) in [6.07, 6.45) is 0.777. The number of fused-ring (bicyclic) bond motifs is 1. The Morgan fingerprint density at radius 2 is 1.86 bits per heavy atom. The van der Waals surface area contributed by atoms with Crippen molar-refractivity contribution in [2.45, 2.75) is 52.7 Å². The van der Waals surface area contributed by atoms with Gasteiger partial charge in [-0.3, -0.25) is 13.9 Å². The van der Waals surface area contributed by atoms with E-state index < -0.39 is 0 Å². The lowest BCUT2D eigenvalue weighted by Gasteiger charge is -2.15. The molecule has 0 radical (unpaired) electrons. The van der Waals surface area contributed by atoms with Gasteiger partial charge in [0, 0.05) is 19.6 Å². The first-order valence-electron chi connectivity index (χ1n) is 7.32. The molecule has 0 fully saturated rings. The number of hydrogen-bond donors (Lipinski definition) is 1. The van der Waals surface area contributed by atoms with Gasteiger partial charge in [-0.2, -0.15) is 0 Å². The minimum Gasteiger partial charge on any atom is -0.322 e. The summed E-state index contributed by atoms with van der Waals surface area (Å²) in [6, 6.07) is -0.338. The van der Waals surface area contributed by atoms with Gasteiger partial charge in [0.25, 0.3) is 5.56 Å². The van der Waals surface area contributed by atoms with E-state index in [1.807, 2.05) is 27.7 Å². The fraction of sp³-hybridized carbons (Fsp3) is 0.643. The quantitative estimate of drug-likeness (QED) is 0.907. The molecule has 0 spiro atoms. The third-order valence-electron chi connectivity index (χ3n) is 3.96. The first kappa shape index (κ1) is 15.5. The van der Waals surface area contributed by atoms with Gasteiger partial charge < -0.3 is 10.3 Å². The van der Waals surface area contributed by atoms with Crippen LogP contribution in [0.5, 0.6) is 0 Å². The van der Waals surface area contributed by atoms with Crippen LogP contribution >= 0.6 is 0 Å². The Labute approximate surface area is 123 Å². The predicted molar refractivity (Wildman–Crippen MR) is 82.5 cm³/mol. The lowest BCUT2D eigenvalue weighted by molar-refractivity contribution is 0.499. The van der Waals surface area contributed by atoms with Crippen LogP contribution in [0.4, 0.5) is 0 Å². The number of nitrogens with zero attached hydrogens (tertiary/aromatic N) is 4. The van der Waals surface area contributed by atoms with Crippen LogP contribution in [0, 0.1) is 0 Å². The van der Waals surface area contributed by atoms with E-state index in [0.717, 1.165) is 11.0 Å². The molecule has 0 aliphatic rings. The van der Waals surface area contributed by atoms with Crippen LogP contribution in [0.3, 0.4) is 0 Å². The highest BCUT2D eigenvalue weighted by Gasteiger charge is 2.22. The van der Waals surface area contributed by atoms with Crippen LogP contribution in [0.25, 0.3) is 11.2 Å². The number of aryl methyl sites for hydroxylation is 1. The number of aromatic nitrogens is 4. The van der Waals surface area contributed by atoms with Gasteiger partial charge in [-0.1, -0.05) is 6.92 Å². The van der Waals surface area contributed by atoms with E-state index in [9.17, 15) is 9.59 Å². The molecule has 2 heterocycles. The van der Waals surface area contributed by atoms with Crippen molar-refractivity contribution in [3.63, 3.8) is 0 Å². The molecule has 2 atom stereocenters. The molecule has 2 N–H and O–H groups in total. The smallest absolute Gasteiger partial charge is 0.322 e. The van der Waals surface area contributed by atoms with E-state index in [2.05, 4.69) is 4.98 Å². The monoisotopic (exact) mass is 293 g/mol. The van der Waals surface area contributed by atoms with Crippen molar-refractivity contribution in [3.8, 4) is 0 Å². The summed E-state index contributed by atoms with van der Waals surface area (Å²) in [5.41, 5.74) is 6.19. The maximum Gasteiger partial charge on any atom is 0.332 e. The minimum atomic E-state index is -0.334. The Morgan fingerprint density at radius 1 is 1.24 bits per heavy atom. The number of imidazole rings is 1. The van der Waals surface area contributed by atoms with Gasteiger partial charge in [-0.05, 0) is 27.2 Å². The molecule has 2 aromatic rings. The van der Waals surface area contributed by atoms with Crippen molar-refractivity contribution in [2.24, 2.45) is 12.8 Å². The maximum absolute atomic E-state index is 12.5. The Bertz CT molecular complexity index is 781. The highest BCUT2D eigenvalue weighted by Crippen LogP contribution is 2.19. The molecule has 0 aliphatic heterocycles. The molecule has 7 nitrogen and oxygen atoms in total. The van der Waals surface area contributed by atoms with E-state index in [4.69, 9.17) is 5.73 Å². The second-order valence-corrected chi connectivity index (χ2v) is 5.45. The zero-order valence-electron chi connectivity index (χ0n) is 13.3. The van der Waals surface area contributed by atoms with Crippen molar-refractivity contribution in [2.75, 3.05) is 0 Å². The van der Waals surface area contributed by atoms with Gasteiger partial charge in [0.1, 0.15) is 5.82 Å². The topological polar surface area (TPSA) is 87.8 Å². The molecule has 0 saturated carbocycles. The zero-order chi connectivity index (χ0) is 15.9. The third kappa shape index (κ3) is 2.21. The number of rotatable bonds is 4. The average Bonchev–Trinajstić information content (AvgIpc) is 2.84. The van der Waals surface area contributed by atoms with Gasteiger partial charge >= 0.3 is 5.69 Å². The maximum atomic E-state index is 12.5. The summed E-state index contributed by atoms with van der Waals surface area (Å²) in [7, 11) is 1.50. The Morgan fingerprint density at radius 3 is 2.33 bits per heavy atom. The van der Waals surface area contributed by atoms with Crippen LogP contribution in [0.2, 0.25) is 0 Å². The predicted octanol–water partition coefficient (Wildman–Crippen LogP) is 0.907. The first-order chi connectivity index (χ1) is 9.84. The fourth-order valence-corrected chi connectivity index (χ4v) is 2.58. The SMILES string of the molecule is CCC(C)n1c(=O)n(C)c(=O)c2c1nc(C(C)N)n2CC. The fourth-order valence-electron chi connectivity index (χ4n) is 2.58. The molecule has 2 unspecified atom stereocenters. The lowest BCUT2D eigenvalue weighted by Crippen LogP contribution is -2.39. The Hall–Kier alpha value is -1.89. The molecule has 7 heteroatoms. The molecule has 0 aliphatic carbocycles. The van der Waals surface area contributed by atoms with Gasteiger partial charge in [-0.15, -0.1) is 0 Å². The van der Waals surface area contributed by atoms with Crippen LogP contribution < -0.4 is 17.0 Å². The highest BCUT2D eigenvalue weighted by atomic mass is 16.2. The molecule has 0 bridgehead atoms. The van der Waals surface area contributed by atoms with Crippen LogP contribution in [0.15, 0.2) is 9.59 Å². The summed E-state index contributed by atoms with van der Waals surface area (Å²) >= 11 is 0. The van der Waals surface area contributed by atoms with Crippen molar-refractivity contribution < 1.29 is 0 Å². The van der Waals surface area contributed by atoms with Gasteiger partial charge in [0.05, 0.1) is 6.04 Å². The third-order valence-corrected chi connectivity index (χ3v) is 3.96. The summed E-state index contributed by atoms with van der Waals surface area (Å²) in [4.78, 5) is 29.4. The molecule has 2 aromatic heterocycles. The van der Waals surface area contributed by atoms with Gasteiger partial charge in [0.2, 0.25) is 0 Å². The lowest BCUT2D eigenvalue weighted by atomic mass is 10.2. The summed E-state index contributed by atoms with van der Waals surface area (Å²) < 4.78 is 4.54. The van der Waals surface area contributed by atoms with Crippen molar-refractivity contribution in [1.82, 2.24) is 18.7 Å². The Kier molecular flexibility index (Phi) is 4.04. The second kappa shape index (κ2) is 5.48. The van der Waals surface area contributed by atoms with E-state index in [0.29, 0.717) is 23.5 Å². The van der Waals surface area contributed by atoms with E-state index in [1.165, 1.54) is 7.05 Å². The minimum absolute atomic E-state index is 0.0343. The van der Waals surface area contributed by atoms with Crippen molar-refractivity contribution >= 4 is 11.2 Å². The molecule has 116 valence electrons. The standard InChI is InChI=1S/C14H23N5O2/c1-6-8(3)19-12-10(13(20)17(5)14(19)21)18(7-2)11(16-12)9(4)15/h8-9H,6-7,15H2,1-5H3. The van der Waals surface area contributed by atoms with Crippen LogP contribution in [-0.4, -0.2) is 18.7 Å². The summed E-state index contributed by atoms with van der Waals surface area (Å²) in [5.74, 6) is 0.632. The Balaban J connectivity index is 3.05. The van der Waals surface area contributed by atoms with Gasteiger partial charge in [-0.25, -0.2) is 9.78 Å². The molecular weight excluding hydrogens is 270 g/mol. The molecule has 2 rings (SSSR count). The van der Waals surface area contributed by atoms with E-state index >= 15 is 0 Å². The average molecular weight is 293 g/mol. The summed E-state index contributed by atoms with van der Waals surface area (Å²) in [6.45, 7) is 8.29. The molecule has 0 saturated heterocycles. The molecule has 0 aromatic carbocycles. The normalized spacial score (nSPS) is 14.6. The van der Waals surface area contributed by atoms with Crippen molar-refractivity contribution in [1.29, 1.82) is 0 Å². The molecular formula is C14H23N5O2. The number of hydrogen-bond acceptors (Lipinski definition) is 4.